The van der Waals surface area contributed by atoms with Gasteiger partial charge in [-0.15, -0.1) is 0 Å². The van der Waals surface area contributed by atoms with Crippen LogP contribution in [0.25, 0.3) is 11.1 Å². The minimum Gasteiger partial charge on any atom is -0.467 e. The predicted octanol–water partition coefficient (Wildman–Crippen LogP) is 7.00. The Hall–Kier alpha value is -4.26. The molecule has 0 bridgehead atoms. The van der Waals surface area contributed by atoms with Gasteiger partial charge in [0.1, 0.15) is 23.4 Å². The van der Waals surface area contributed by atoms with Crippen molar-refractivity contribution in [2.24, 2.45) is 0 Å². The van der Waals surface area contributed by atoms with Crippen LogP contribution in [0.3, 0.4) is 0 Å². The first kappa shape index (κ1) is 38.2. The zero-order valence-corrected chi connectivity index (χ0v) is 29.8. The van der Waals surface area contributed by atoms with Crippen LogP contribution in [0.2, 0.25) is 0 Å². The summed E-state index contributed by atoms with van der Waals surface area (Å²) in [7, 11) is 1.27. The molecule has 262 valence electrons. The number of carbonyl (C=O) groups excluding carboxylic acids is 5. The number of carbonyl (C=O) groups is 5. The zero-order valence-electron chi connectivity index (χ0n) is 29.0. The summed E-state index contributed by atoms with van der Waals surface area (Å²) in [6.07, 6.45) is 0.209. The summed E-state index contributed by atoms with van der Waals surface area (Å²) in [5, 5.41) is 2.79. The monoisotopic (exact) mass is 685 g/mol. The molecule has 2 atom stereocenters. The van der Waals surface area contributed by atoms with E-state index in [-0.39, 0.29) is 11.3 Å². The maximum atomic E-state index is 13.9. The van der Waals surface area contributed by atoms with Gasteiger partial charge in [-0.2, -0.15) is 11.8 Å². The summed E-state index contributed by atoms with van der Waals surface area (Å²) in [6, 6.07) is 12.9. The first-order chi connectivity index (χ1) is 22.5. The van der Waals surface area contributed by atoms with Crippen LogP contribution in [-0.4, -0.2) is 84.2 Å². The standard InChI is InChI=1S/C35H47N3O9S/c1-34(2,3)46-31(41)37-20-13-12-16-28(37)38(32(42)45-33(43)47-35(4,5)6)24-17-18-25(26(22-24)23-14-10-9-11-15-23)29(39)36-27(19-21-48-8)30(40)44-7/h9-11,14-15,17-18,22,27-28H,12-13,16,19-21H2,1-8H3,(H,36,39)/t27-,28?/m0/s1. The van der Waals surface area contributed by atoms with E-state index in [0.717, 1.165) is 0 Å². The van der Waals surface area contributed by atoms with Crippen molar-refractivity contribution in [3.8, 4) is 11.1 Å². The lowest BCUT2D eigenvalue weighted by atomic mass is 9.97. The van der Waals surface area contributed by atoms with Gasteiger partial charge in [0.25, 0.3) is 5.91 Å². The molecule has 12 nitrogen and oxygen atoms in total. The highest BCUT2D eigenvalue weighted by Crippen LogP contribution is 2.34. The highest BCUT2D eigenvalue weighted by atomic mass is 32.2. The summed E-state index contributed by atoms with van der Waals surface area (Å²) in [5.74, 6) is -0.465. The number of nitrogens with one attached hydrogen (secondary N) is 1. The number of likely N-dealkylation sites (tertiary alicyclic amines) is 1. The van der Waals surface area contributed by atoms with Gasteiger partial charge in [-0.3, -0.25) is 14.6 Å². The smallest absolute Gasteiger partial charge is 0.467 e. The third kappa shape index (κ3) is 10.9. The van der Waals surface area contributed by atoms with Crippen LogP contribution in [-0.2, 0) is 23.7 Å². The van der Waals surface area contributed by atoms with Crippen molar-refractivity contribution in [3.05, 3.63) is 54.1 Å². The zero-order chi connectivity index (χ0) is 35.6. The lowest BCUT2D eigenvalue weighted by Crippen LogP contribution is -2.56. The van der Waals surface area contributed by atoms with Crippen LogP contribution in [0.15, 0.2) is 48.5 Å². The first-order valence-corrected chi connectivity index (χ1v) is 17.2. The molecule has 13 heteroatoms. The Morgan fingerprint density at radius 2 is 1.62 bits per heavy atom. The predicted molar refractivity (Wildman–Crippen MR) is 184 cm³/mol. The van der Waals surface area contributed by atoms with Gasteiger partial charge in [-0.1, -0.05) is 30.3 Å². The lowest BCUT2D eigenvalue weighted by Gasteiger charge is -2.42. The van der Waals surface area contributed by atoms with E-state index in [2.05, 4.69) is 5.32 Å². The number of methoxy groups -OCH3 is 1. The lowest BCUT2D eigenvalue weighted by molar-refractivity contribution is -0.142. The number of thioether (sulfide) groups is 1. The maximum absolute atomic E-state index is 13.9. The fourth-order valence-corrected chi connectivity index (χ4v) is 5.58. The fraction of sp³-hybridized carbons (Fsp3) is 0.514. The van der Waals surface area contributed by atoms with Gasteiger partial charge in [-0.25, -0.2) is 19.2 Å². The van der Waals surface area contributed by atoms with E-state index in [1.807, 2.05) is 12.3 Å². The molecule has 0 aliphatic carbocycles. The number of amides is 3. The number of piperidine rings is 1. The Bertz CT molecular complexity index is 1450. The van der Waals surface area contributed by atoms with Crippen LogP contribution < -0.4 is 10.2 Å². The summed E-state index contributed by atoms with van der Waals surface area (Å²) in [4.78, 5) is 68.9. The van der Waals surface area contributed by atoms with E-state index >= 15 is 0 Å². The Morgan fingerprint density at radius 1 is 0.958 bits per heavy atom. The molecule has 1 unspecified atom stereocenters. The quantitative estimate of drug-likeness (QED) is 0.167. The summed E-state index contributed by atoms with van der Waals surface area (Å²) >= 11 is 1.54. The van der Waals surface area contributed by atoms with Crippen LogP contribution in [0.5, 0.6) is 0 Å². The van der Waals surface area contributed by atoms with E-state index < -0.39 is 53.6 Å². The average Bonchev–Trinajstić information content (AvgIpc) is 3.01. The van der Waals surface area contributed by atoms with Gasteiger partial charge in [-0.05, 0) is 109 Å². The molecular formula is C35H47N3O9S. The SMILES string of the molecule is COC(=O)[C@H](CCSC)NC(=O)c1ccc(N(C(=O)OC(=O)OC(C)(C)C)C2CCCCN2C(=O)OC(C)(C)C)cc1-c1ccccc1. The molecule has 2 aromatic carbocycles. The van der Waals surface area contributed by atoms with Gasteiger partial charge in [0, 0.05) is 17.8 Å². The molecule has 1 aliphatic rings. The van der Waals surface area contributed by atoms with Crippen molar-refractivity contribution in [3.63, 3.8) is 0 Å². The summed E-state index contributed by atoms with van der Waals surface area (Å²) < 4.78 is 21.1. The fourth-order valence-electron chi connectivity index (χ4n) is 5.11. The van der Waals surface area contributed by atoms with Gasteiger partial charge >= 0.3 is 24.3 Å². The molecule has 0 spiro atoms. The molecule has 1 heterocycles. The van der Waals surface area contributed by atoms with E-state index in [9.17, 15) is 24.0 Å². The van der Waals surface area contributed by atoms with Crippen LogP contribution >= 0.6 is 11.8 Å². The highest BCUT2D eigenvalue weighted by molar-refractivity contribution is 7.98. The Labute approximate surface area is 286 Å². The van der Waals surface area contributed by atoms with Crippen molar-refractivity contribution in [1.29, 1.82) is 0 Å². The molecule has 1 N–H and O–H groups in total. The number of benzene rings is 2. The molecular weight excluding hydrogens is 638 g/mol. The van der Waals surface area contributed by atoms with Crippen LogP contribution in [0.4, 0.5) is 20.1 Å². The van der Waals surface area contributed by atoms with Crippen molar-refractivity contribution in [2.75, 3.05) is 30.6 Å². The second-order valence-electron chi connectivity index (χ2n) is 13.3. The number of nitrogens with zero attached hydrogens (tertiary/aromatic N) is 2. The number of hydrogen-bond acceptors (Lipinski definition) is 10. The number of esters is 1. The van der Waals surface area contributed by atoms with Crippen molar-refractivity contribution in [2.45, 2.75) is 90.6 Å². The Kier molecular flexibility index (Phi) is 13.3. The Morgan fingerprint density at radius 3 is 2.23 bits per heavy atom. The molecule has 0 radical (unpaired) electrons. The highest BCUT2D eigenvalue weighted by Gasteiger charge is 2.39. The number of ether oxygens (including phenoxy) is 4. The molecule has 3 rings (SSSR count). The minimum absolute atomic E-state index is 0.233. The summed E-state index contributed by atoms with van der Waals surface area (Å²) in [6.45, 7) is 10.5. The van der Waals surface area contributed by atoms with Crippen LogP contribution in [0, 0.1) is 0 Å². The molecule has 0 saturated carbocycles. The minimum atomic E-state index is -1.20. The van der Waals surface area contributed by atoms with Gasteiger partial charge in [0.2, 0.25) is 0 Å². The first-order valence-electron chi connectivity index (χ1n) is 15.9. The Balaban J connectivity index is 2.15. The van der Waals surface area contributed by atoms with Crippen LogP contribution in [0.1, 0.15) is 77.6 Å². The molecule has 0 aromatic heterocycles. The molecule has 3 amide bonds. The van der Waals surface area contributed by atoms with Gasteiger partial charge < -0.3 is 24.3 Å². The number of rotatable bonds is 9. The number of hydrogen-bond donors (Lipinski definition) is 1. The van der Waals surface area contributed by atoms with Crippen molar-refractivity contribution < 1.29 is 42.9 Å². The molecule has 1 fully saturated rings. The van der Waals surface area contributed by atoms with E-state index in [0.29, 0.717) is 49.1 Å². The second kappa shape index (κ2) is 16.7. The van der Waals surface area contributed by atoms with E-state index in [1.54, 1.807) is 71.9 Å². The number of anilines is 1. The van der Waals surface area contributed by atoms with Gasteiger partial charge in [0.15, 0.2) is 0 Å². The summed E-state index contributed by atoms with van der Waals surface area (Å²) in [5.41, 5.74) is -0.149. The van der Waals surface area contributed by atoms with Gasteiger partial charge in [0.05, 0.1) is 7.11 Å². The third-order valence-electron chi connectivity index (χ3n) is 7.17. The molecule has 1 saturated heterocycles. The van der Waals surface area contributed by atoms with Crippen molar-refractivity contribution >= 4 is 47.7 Å². The van der Waals surface area contributed by atoms with E-state index in [1.165, 1.54) is 40.8 Å². The van der Waals surface area contributed by atoms with Crippen molar-refractivity contribution in [1.82, 2.24) is 10.2 Å². The molecule has 2 aromatic rings. The molecule has 1 aliphatic heterocycles. The average molecular weight is 686 g/mol. The second-order valence-corrected chi connectivity index (χ2v) is 14.3. The topological polar surface area (TPSA) is 141 Å². The third-order valence-corrected chi connectivity index (χ3v) is 7.81. The largest absolute Gasteiger partial charge is 0.517 e. The van der Waals surface area contributed by atoms with E-state index in [4.69, 9.17) is 18.9 Å². The maximum Gasteiger partial charge on any atom is 0.517 e. The molecule has 48 heavy (non-hydrogen) atoms. The normalized spacial score (nSPS) is 15.5.